The van der Waals surface area contributed by atoms with E-state index in [4.69, 9.17) is 9.84 Å². The van der Waals surface area contributed by atoms with Gasteiger partial charge in [0, 0.05) is 6.61 Å². The highest BCUT2D eigenvalue weighted by Crippen LogP contribution is 2.27. The number of hydrogen-bond acceptors (Lipinski definition) is 8. The highest BCUT2D eigenvalue weighted by Gasteiger charge is 2.33. The minimum absolute atomic E-state index is 0.00142. The fourth-order valence-electron chi connectivity index (χ4n) is 2.17. The third-order valence-electron chi connectivity index (χ3n) is 3.49. The van der Waals surface area contributed by atoms with Crippen LogP contribution in [0.4, 0.5) is 19.0 Å². The van der Waals surface area contributed by atoms with Gasteiger partial charge in [-0.2, -0.15) is 13.2 Å². The number of carboxylic acid groups (broad SMARTS) is 1. The van der Waals surface area contributed by atoms with Gasteiger partial charge in [-0.15, -0.1) is 0 Å². The first kappa shape index (κ1) is 21.3. The number of anilines is 1. The molecule has 1 unspecified atom stereocenters. The number of aromatic carboxylic acids is 1. The molecule has 0 spiro atoms. The SMILES string of the molecule is COc1cnc(C(=O)O)cn1.FC(F)(F)c1cncc(NC2CCCOC2)n1. The van der Waals surface area contributed by atoms with E-state index >= 15 is 0 Å². The zero-order chi connectivity index (χ0) is 20.6. The Morgan fingerprint density at radius 2 is 2.07 bits per heavy atom. The van der Waals surface area contributed by atoms with Gasteiger partial charge in [0.25, 0.3) is 0 Å². The number of hydrogen-bond donors (Lipinski definition) is 2. The minimum atomic E-state index is -4.46. The molecular weight excluding hydrogens is 383 g/mol. The Morgan fingerprint density at radius 1 is 1.29 bits per heavy atom. The number of halogens is 3. The molecule has 9 nitrogen and oxygen atoms in total. The van der Waals surface area contributed by atoms with Gasteiger partial charge in [-0.05, 0) is 12.8 Å². The van der Waals surface area contributed by atoms with Crippen LogP contribution in [0.5, 0.6) is 5.88 Å². The lowest BCUT2D eigenvalue weighted by molar-refractivity contribution is -0.141. The van der Waals surface area contributed by atoms with Crippen molar-refractivity contribution in [3.63, 3.8) is 0 Å². The van der Waals surface area contributed by atoms with Crippen LogP contribution in [0.2, 0.25) is 0 Å². The van der Waals surface area contributed by atoms with E-state index in [9.17, 15) is 18.0 Å². The van der Waals surface area contributed by atoms with E-state index < -0.39 is 17.8 Å². The average Bonchev–Trinajstić information content (AvgIpc) is 2.69. The lowest BCUT2D eigenvalue weighted by Gasteiger charge is -2.23. The summed E-state index contributed by atoms with van der Waals surface area (Å²) in [6, 6.07) is 0.00142. The highest BCUT2D eigenvalue weighted by atomic mass is 19.4. The van der Waals surface area contributed by atoms with Crippen LogP contribution in [-0.4, -0.2) is 57.4 Å². The van der Waals surface area contributed by atoms with Crippen LogP contribution in [-0.2, 0) is 10.9 Å². The number of carboxylic acids is 1. The molecule has 1 aliphatic heterocycles. The van der Waals surface area contributed by atoms with Crippen LogP contribution >= 0.6 is 0 Å². The van der Waals surface area contributed by atoms with Crippen molar-refractivity contribution >= 4 is 11.8 Å². The number of aromatic nitrogens is 4. The number of nitrogens with zero attached hydrogens (tertiary/aromatic N) is 4. The van der Waals surface area contributed by atoms with Crippen LogP contribution in [0.1, 0.15) is 29.0 Å². The Kier molecular flexibility index (Phi) is 7.44. The lowest BCUT2D eigenvalue weighted by Crippen LogP contribution is -2.30. The normalized spacial score (nSPS) is 16.5. The number of ether oxygens (including phenoxy) is 2. The number of alkyl halides is 3. The molecule has 12 heteroatoms. The fourth-order valence-corrected chi connectivity index (χ4v) is 2.17. The molecule has 2 N–H and O–H groups in total. The highest BCUT2D eigenvalue weighted by molar-refractivity contribution is 5.84. The smallest absolute Gasteiger partial charge is 0.434 e. The van der Waals surface area contributed by atoms with Gasteiger partial charge in [0.1, 0.15) is 5.82 Å². The molecule has 0 saturated carbocycles. The molecule has 1 saturated heterocycles. The zero-order valence-electron chi connectivity index (χ0n) is 14.8. The van der Waals surface area contributed by atoms with Gasteiger partial charge < -0.3 is 19.9 Å². The predicted molar refractivity (Wildman–Crippen MR) is 90.0 cm³/mol. The number of carbonyl (C=O) groups is 1. The molecule has 0 aromatic carbocycles. The Balaban J connectivity index is 0.000000221. The van der Waals surface area contributed by atoms with Gasteiger partial charge in [0.05, 0.1) is 44.5 Å². The van der Waals surface area contributed by atoms with Gasteiger partial charge >= 0.3 is 12.1 Å². The first-order chi connectivity index (χ1) is 13.3. The van der Waals surface area contributed by atoms with Gasteiger partial charge in [0.15, 0.2) is 11.4 Å². The summed E-state index contributed by atoms with van der Waals surface area (Å²) in [7, 11) is 1.43. The molecule has 2 aromatic rings. The maximum Gasteiger partial charge on any atom is 0.434 e. The quantitative estimate of drug-likeness (QED) is 0.795. The van der Waals surface area contributed by atoms with E-state index in [0.717, 1.165) is 19.0 Å². The van der Waals surface area contributed by atoms with E-state index in [2.05, 4.69) is 30.0 Å². The number of nitrogens with one attached hydrogen (secondary N) is 1. The Labute approximate surface area is 158 Å². The summed E-state index contributed by atoms with van der Waals surface area (Å²) in [5.74, 6) is -0.662. The molecule has 3 rings (SSSR count). The third kappa shape index (κ3) is 6.61. The lowest BCUT2D eigenvalue weighted by atomic mass is 10.1. The van der Waals surface area contributed by atoms with E-state index in [1.165, 1.54) is 19.5 Å². The van der Waals surface area contributed by atoms with Gasteiger partial charge in [-0.3, -0.25) is 4.98 Å². The molecule has 0 radical (unpaired) electrons. The molecule has 152 valence electrons. The van der Waals surface area contributed by atoms with Crippen molar-refractivity contribution in [2.45, 2.75) is 25.1 Å². The summed E-state index contributed by atoms with van der Waals surface area (Å²) < 4.78 is 47.1. The van der Waals surface area contributed by atoms with Crippen LogP contribution in [0.15, 0.2) is 24.8 Å². The molecule has 0 amide bonds. The summed E-state index contributed by atoms with van der Waals surface area (Å²) in [5.41, 5.74) is -1.08. The van der Waals surface area contributed by atoms with Gasteiger partial charge in [-0.25, -0.2) is 19.7 Å². The first-order valence-electron chi connectivity index (χ1n) is 8.12. The molecule has 1 atom stereocenters. The predicted octanol–water partition coefficient (Wildman–Crippen LogP) is 2.27. The van der Waals surface area contributed by atoms with E-state index in [-0.39, 0.29) is 17.6 Å². The van der Waals surface area contributed by atoms with Crippen LogP contribution in [0.3, 0.4) is 0 Å². The second kappa shape index (κ2) is 9.78. The second-order valence-corrected chi connectivity index (χ2v) is 5.59. The monoisotopic (exact) mass is 401 g/mol. The molecule has 0 bridgehead atoms. The second-order valence-electron chi connectivity index (χ2n) is 5.59. The average molecular weight is 401 g/mol. The maximum atomic E-state index is 12.4. The molecule has 1 fully saturated rings. The molecule has 3 heterocycles. The molecular formula is C16H18F3N5O4. The summed E-state index contributed by atoms with van der Waals surface area (Å²) in [6.07, 6.45) is 1.67. The minimum Gasteiger partial charge on any atom is -0.480 e. The summed E-state index contributed by atoms with van der Waals surface area (Å²) in [6.45, 7) is 1.18. The van der Waals surface area contributed by atoms with Gasteiger partial charge in [-0.1, -0.05) is 0 Å². The maximum absolute atomic E-state index is 12.4. The van der Waals surface area contributed by atoms with Crippen molar-refractivity contribution in [2.24, 2.45) is 0 Å². The number of methoxy groups -OCH3 is 1. The van der Waals surface area contributed by atoms with Crippen molar-refractivity contribution < 1.29 is 32.5 Å². The van der Waals surface area contributed by atoms with E-state index in [1.54, 1.807) is 0 Å². The van der Waals surface area contributed by atoms with Crippen molar-refractivity contribution in [1.29, 1.82) is 0 Å². The van der Waals surface area contributed by atoms with E-state index in [0.29, 0.717) is 25.3 Å². The summed E-state index contributed by atoms with van der Waals surface area (Å²) in [4.78, 5) is 24.5. The number of rotatable bonds is 4. The standard InChI is InChI=1S/C10H12F3N3O.C6H6N2O3/c11-10(12,13)8-4-14-5-9(16-8)15-7-2-1-3-17-6-7;1-11-5-3-7-4(2-8-5)6(9)10/h4-5,7H,1-3,6H2,(H,15,16);2-3H,1H3,(H,9,10). The first-order valence-corrected chi connectivity index (χ1v) is 8.12. The van der Waals surface area contributed by atoms with E-state index in [1.807, 2.05) is 0 Å². The van der Waals surface area contributed by atoms with Crippen molar-refractivity contribution in [2.75, 3.05) is 25.6 Å². The Morgan fingerprint density at radius 3 is 2.61 bits per heavy atom. The topological polar surface area (TPSA) is 119 Å². The molecule has 28 heavy (non-hydrogen) atoms. The van der Waals surface area contributed by atoms with Crippen LogP contribution in [0, 0.1) is 0 Å². The Hall–Kier alpha value is -3.02. The summed E-state index contributed by atoms with van der Waals surface area (Å²) in [5, 5.41) is 11.3. The van der Waals surface area contributed by atoms with Gasteiger partial charge in [0.2, 0.25) is 5.88 Å². The van der Waals surface area contributed by atoms with Crippen LogP contribution in [0.25, 0.3) is 0 Å². The molecule has 1 aliphatic rings. The molecule has 2 aromatic heterocycles. The largest absolute Gasteiger partial charge is 0.480 e. The van der Waals surface area contributed by atoms with Crippen molar-refractivity contribution in [3.8, 4) is 5.88 Å². The third-order valence-corrected chi connectivity index (χ3v) is 3.49. The zero-order valence-corrected chi connectivity index (χ0v) is 14.8. The summed E-state index contributed by atoms with van der Waals surface area (Å²) >= 11 is 0. The van der Waals surface area contributed by atoms with Crippen LogP contribution < -0.4 is 10.1 Å². The fraction of sp³-hybridized carbons (Fsp3) is 0.438. The van der Waals surface area contributed by atoms with Crippen molar-refractivity contribution in [1.82, 2.24) is 19.9 Å². The Bertz CT molecular complexity index is 768. The van der Waals surface area contributed by atoms with Crippen molar-refractivity contribution in [3.05, 3.63) is 36.2 Å². The molecule has 0 aliphatic carbocycles.